The number of aromatic nitrogens is 4. The van der Waals surface area contributed by atoms with Crippen LogP contribution in [0.4, 0.5) is 0 Å². The molecule has 2 atom stereocenters. The average molecular weight is 386 g/mol. The summed E-state index contributed by atoms with van der Waals surface area (Å²) in [5, 5.41) is 2.95. The number of nitrogens with zero attached hydrogens (tertiary/aromatic N) is 4. The van der Waals surface area contributed by atoms with Crippen LogP contribution < -0.4 is 0 Å². The first-order valence-electron chi connectivity index (χ1n) is 6.61. The van der Waals surface area contributed by atoms with Gasteiger partial charge in [0, 0.05) is 34.7 Å². The Bertz CT molecular complexity index is 754. The minimum Gasteiger partial charge on any atom is -0.311 e. The molecule has 0 N–H and O–H groups in total. The van der Waals surface area contributed by atoms with Crippen molar-refractivity contribution in [2.45, 2.75) is 31.7 Å². The van der Waals surface area contributed by atoms with Crippen molar-refractivity contribution in [3.05, 3.63) is 39.1 Å². The number of fused-ring (bicyclic) bond motifs is 1. The van der Waals surface area contributed by atoms with Crippen molar-refractivity contribution in [1.82, 2.24) is 19.5 Å². The smallest absolute Gasteiger partial charge is 0.160 e. The predicted octanol–water partition coefficient (Wildman–Crippen LogP) is 4.75. The lowest BCUT2D eigenvalue weighted by Crippen LogP contribution is -2.10. The van der Waals surface area contributed by atoms with Crippen molar-refractivity contribution in [2.75, 3.05) is 0 Å². The molecular formula is C14H14BrClN4S. The first-order chi connectivity index (χ1) is 10.1. The summed E-state index contributed by atoms with van der Waals surface area (Å²) in [4.78, 5) is 13.5. The Morgan fingerprint density at radius 3 is 2.86 bits per heavy atom. The molecule has 3 aromatic heterocycles. The molecule has 0 saturated carbocycles. The fourth-order valence-corrected chi connectivity index (χ4v) is 3.49. The van der Waals surface area contributed by atoms with E-state index in [2.05, 4.69) is 42.4 Å². The first-order valence-corrected chi connectivity index (χ1v) is 8.72. The topological polar surface area (TPSA) is 43.6 Å². The molecule has 3 rings (SSSR count). The SMILES string of the molecule is CC(Cl)c1nc2cc(Br)cnc2n1CC(C)c1nccs1. The van der Waals surface area contributed by atoms with E-state index in [-0.39, 0.29) is 5.38 Å². The zero-order valence-electron chi connectivity index (χ0n) is 11.6. The van der Waals surface area contributed by atoms with Gasteiger partial charge in [0.15, 0.2) is 5.65 Å². The minimum absolute atomic E-state index is 0.165. The van der Waals surface area contributed by atoms with Gasteiger partial charge in [0.25, 0.3) is 0 Å². The summed E-state index contributed by atoms with van der Waals surface area (Å²) in [6, 6.07) is 1.97. The van der Waals surface area contributed by atoms with Gasteiger partial charge in [-0.2, -0.15) is 0 Å². The van der Waals surface area contributed by atoms with Crippen LogP contribution in [0.5, 0.6) is 0 Å². The molecule has 0 spiro atoms. The number of halogens is 2. The van der Waals surface area contributed by atoms with E-state index in [9.17, 15) is 0 Å². The Morgan fingerprint density at radius 2 is 2.19 bits per heavy atom. The summed E-state index contributed by atoms with van der Waals surface area (Å²) in [7, 11) is 0. The summed E-state index contributed by atoms with van der Waals surface area (Å²) >= 11 is 11.4. The molecule has 0 aliphatic carbocycles. The Balaban J connectivity index is 2.05. The van der Waals surface area contributed by atoms with E-state index in [1.807, 2.05) is 24.6 Å². The molecule has 3 heterocycles. The van der Waals surface area contributed by atoms with Crippen molar-refractivity contribution in [2.24, 2.45) is 0 Å². The van der Waals surface area contributed by atoms with Crippen LogP contribution in [-0.2, 0) is 6.54 Å². The van der Waals surface area contributed by atoms with Gasteiger partial charge in [0.1, 0.15) is 11.3 Å². The highest BCUT2D eigenvalue weighted by Crippen LogP contribution is 2.28. The summed E-state index contributed by atoms with van der Waals surface area (Å²) in [5.41, 5.74) is 1.72. The number of pyridine rings is 1. The van der Waals surface area contributed by atoms with Gasteiger partial charge in [-0.15, -0.1) is 22.9 Å². The molecular weight excluding hydrogens is 372 g/mol. The summed E-state index contributed by atoms with van der Waals surface area (Å²) in [6.45, 7) is 4.86. The average Bonchev–Trinajstić information content (AvgIpc) is 3.06. The second-order valence-electron chi connectivity index (χ2n) is 4.96. The maximum absolute atomic E-state index is 6.29. The van der Waals surface area contributed by atoms with Crippen LogP contribution >= 0.6 is 38.9 Å². The van der Waals surface area contributed by atoms with Gasteiger partial charge < -0.3 is 4.57 Å². The zero-order chi connectivity index (χ0) is 15.0. The molecule has 110 valence electrons. The number of rotatable bonds is 4. The highest BCUT2D eigenvalue weighted by Gasteiger charge is 2.19. The number of imidazole rings is 1. The third kappa shape index (κ3) is 2.98. The zero-order valence-corrected chi connectivity index (χ0v) is 14.8. The van der Waals surface area contributed by atoms with E-state index >= 15 is 0 Å². The van der Waals surface area contributed by atoms with E-state index in [4.69, 9.17) is 11.6 Å². The minimum atomic E-state index is -0.165. The van der Waals surface area contributed by atoms with Gasteiger partial charge in [-0.25, -0.2) is 15.0 Å². The van der Waals surface area contributed by atoms with Crippen LogP contribution in [0.2, 0.25) is 0 Å². The Morgan fingerprint density at radius 1 is 1.38 bits per heavy atom. The van der Waals surface area contributed by atoms with E-state index < -0.39 is 0 Å². The standard InChI is InChI=1S/C14H14BrClN4S/c1-8(14-17-3-4-21-14)7-20-12(9(2)16)19-11-5-10(15)6-18-13(11)20/h3-6,8-9H,7H2,1-2H3. The molecule has 0 aliphatic heterocycles. The maximum Gasteiger partial charge on any atom is 0.160 e. The highest BCUT2D eigenvalue weighted by atomic mass is 79.9. The molecule has 0 aromatic carbocycles. The summed E-state index contributed by atoms with van der Waals surface area (Å²) in [5.74, 6) is 1.14. The van der Waals surface area contributed by atoms with E-state index in [0.717, 1.165) is 33.0 Å². The number of thiazole rings is 1. The van der Waals surface area contributed by atoms with Crippen LogP contribution in [0.3, 0.4) is 0 Å². The van der Waals surface area contributed by atoms with Crippen molar-refractivity contribution in [1.29, 1.82) is 0 Å². The third-order valence-electron chi connectivity index (χ3n) is 3.27. The second kappa shape index (κ2) is 6.02. The largest absolute Gasteiger partial charge is 0.311 e. The van der Waals surface area contributed by atoms with Crippen molar-refractivity contribution >= 4 is 50.0 Å². The van der Waals surface area contributed by atoms with Gasteiger partial charge in [-0.05, 0) is 28.9 Å². The molecule has 0 radical (unpaired) electrons. The quantitative estimate of drug-likeness (QED) is 0.608. The van der Waals surface area contributed by atoms with Gasteiger partial charge in [0.05, 0.1) is 10.4 Å². The Labute approximate surface area is 140 Å². The molecule has 21 heavy (non-hydrogen) atoms. The van der Waals surface area contributed by atoms with Gasteiger partial charge >= 0.3 is 0 Å². The fourth-order valence-electron chi connectivity index (χ4n) is 2.32. The van der Waals surface area contributed by atoms with Crippen molar-refractivity contribution in [3.63, 3.8) is 0 Å². The van der Waals surface area contributed by atoms with Gasteiger partial charge in [0.2, 0.25) is 0 Å². The van der Waals surface area contributed by atoms with Crippen LogP contribution in [-0.4, -0.2) is 19.5 Å². The summed E-state index contributed by atoms with van der Waals surface area (Å²) in [6.07, 6.45) is 3.63. The van der Waals surface area contributed by atoms with Crippen molar-refractivity contribution < 1.29 is 0 Å². The van der Waals surface area contributed by atoms with Crippen molar-refractivity contribution in [3.8, 4) is 0 Å². The molecule has 3 aromatic rings. The predicted molar refractivity (Wildman–Crippen MR) is 90.0 cm³/mol. The van der Waals surface area contributed by atoms with Gasteiger partial charge in [-0.3, -0.25) is 0 Å². The fraction of sp³-hybridized carbons (Fsp3) is 0.357. The molecule has 7 heteroatoms. The molecule has 0 bridgehead atoms. The van der Waals surface area contributed by atoms with Gasteiger partial charge in [-0.1, -0.05) is 6.92 Å². The number of alkyl halides is 1. The van der Waals surface area contributed by atoms with Crippen LogP contribution in [0.1, 0.15) is 36.0 Å². The number of hydrogen-bond acceptors (Lipinski definition) is 4. The molecule has 0 fully saturated rings. The molecule has 0 amide bonds. The molecule has 0 saturated heterocycles. The van der Waals surface area contributed by atoms with Crippen LogP contribution in [0.25, 0.3) is 11.2 Å². The van der Waals surface area contributed by atoms with E-state index in [1.165, 1.54) is 0 Å². The lowest BCUT2D eigenvalue weighted by atomic mass is 10.2. The Hall–Kier alpha value is -0.980. The first kappa shape index (κ1) is 14.9. The van der Waals surface area contributed by atoms with E-state index in [0.29, 0.717) is 5.92 Å². The molecule has 2 unspecified atom stereocenters. The van der Waals surface area contributed by atoms with Crippen LogP contribution in [0, 0.1) is 0 Å². The summed E-state index contributed by atoms with van der Waals surface area (Å²) < 4.78 is 3.02. The number of hydrogen-bond donors (Lipinski definition) is 0. The van der Waals surface area contributed by atoms with Crippen LogP contribution in [0.15, 0.2) is 28.3 Å². The molecule has 0 aliphatic rings. The lowest BCUT2D eigenvalue weighted by Gasteiger charge is -2.14. The monoisotopic (exact) mass is 384 g/mol. The highest BCUT2D eigenvalue weighted by molar-refractivity contribution is 9.10. The second-order valence-corrected chi connectivity index (χ2v) is 7.46. The Kier molecular flexibility index (Phi) is 4.28. The third-order valence-corrected chi connectivity index (χ3v) is 4.90. The lowest BCUT2D eigenvalue weighted by molar-refractivity contribution is 0.580. The molecule has 4 nitrogen and oxygen atoms in total. The maximum atomic E-state index is 6.29. The normalized spacial score (nSPS) is 14.5. The van der Waals surface area contributed by atoms with E-state index in [1.54, 1.807) is 17.5 Å².